The number of aliphatic hydroxyl groups excluding tert-OH is 1. The lowest BCUT2D eigenvalue weighted by molar-refractivity contribution is 0.181. The summed E-state index contributed by atoms with van der Waals surface area (Å²) in [6.07, 6.45) is 0.930. The van der Waals surface area contributed by atoms with Crippen molar-refractivity contribution < 1.29 is 5.11 Å². The smallest absolute Gasteiger partial charge is 0.191 e. The summed E-state index contributed by atoms with van der Waals surface area (Å²) in [4.78, 5) is 4.42. The number of hydrogen-bond acceptors (Lipinski definition) is 3. The van der Waals surface area contributed by atoms with Crippen LogP contribution in [0.3, 0.4) is 0 Å². The van der Waals surface area contributed by atoms with Gasteiger partial charge in [-0.25, -0.2) is 4.99 Å². The molecule has 0 bridgehead atoms. The van der Waals surface area contributed by atoms with Crippen molar-refractivity contribution in [3.8, 4) is 0 Å². The molecule has 1 aromatic carbocycles. The van der Waals surface area contributed by atoms with E-state index in [4.69, 9.17) is 23.2 Å². The van der Waals surface area contributed by atoms with E-state index in [-0.39, 0.29) is 6.54 Å². The molecule has 1 unspecified atom stereocenters. The number of nitrogens with zero attached hydrogens (tertiary/aromatic N) is 2. The Labute approximate surface area is 144 Å². The van der Waals surface area contributed by atoms with Gasteiger partial charge < -0.3 is 15.7 Å². The van der Waals surface area contributed by atoms with Gasteiger partial charge in [0.2, 0.25) is 0 Å². The number of halogens is 2. The molecule has 2 aromatic rings. The summed E-state index contributed by atoms with van der Waals surface area (Å²) in [5.41, 5.74) is 1.56. The van der Waals surface area contributed by atoms with Gasteiger partial charge in [-0.2, -0.15) is 5.10 Å². The molecule has 1 aromatic heterocycles. The van der Waals surface area contributed by atoms with Crippen LogP contribution in [0, 0.1) is 0 Å². The molecule has 0 aliphatic carbocycles. The van der Waals surface area contributed by atoms with Crippen molar-refractivity contribution in [3.05, 3.63) is 51.8 Å². The van der Waals surface area contributed by atoms with E-state index < -0.39 is 6.10 Å². The summed E-state index contributed by atoms with van der Waals surface area (Å²) in [7, 11) is 0. The van der Waals surface area contributed by atoms with Crippen molar-refractivity contribution in [2.75, 3.05) is 13.1 Å². The average Bonchev–Trinajstić information content (AvgIpc) is 3.02. The highest BCUT2D eigenvalue weighted by molar-refractivity contribution is 6.34. The molecule has 8 heteroatoms. The second-order valence-electron chi connectivity index (χ2n) is 4.88. The number of aliphatic hydroxyl groups is 1. The van der Waals surface area contributed by atoms with E-state index >= 15 is 0 Å². The van der Waals surface area contributed by atoms with E-state index in [9.17, 15) is 5.11 Å². The summed E-state index contributed by atoms with van der Waals surface area (Å²) in [5, 5.41) is 24.2. The van der Waals surface area contributed by atoms with Crippen LogP contribution in [0.2, 0.25) is 10.0 Å². The third kappa shape index (κ3) is 5.74. The summed E-state index contributed by atoms with van der Waals surface area (Å²) in [6.45, 7) is 3.44. The van der Waals surface area contributed by atoms with Crippen LogP contribution in [-0.4, -0.2) is 34.4 Å². The maximum absolute atomic E-state index is 10.3. The lowest BCUT2D eigenvalue weighted by Gasteiger charge is -2.16. The molecular formula is C15H19Cl2N5O. The fourth-order valence-electron chi connectivity index (χ4n) is 1.96. The van der Waals surface area contributed by atoms with E-state index in [2.05, 4.69) is 25.8 Å². The van der Waals surface area contributed by atoms with Gasteiger partial charge in [0, 0.05) is 29.3 Å². The second-order valence-corrected chi connectivity index (χ2v) is 5.75. The quantitative estimate of drug-likeness (QED) is 0.473. The number of aromatic amines is 1. The predicted octanol–water partition coefficient (Wildman–Crippen LogP) is 2.51. The molecule has 0 amide bonds. The summed E-state index contributed by atoms with van der Waals surface area (Å²) in [6, 6.07) is 6.86. The lowest BCUT2D eigenvalue weighted by Crippen LogP contribution is -2.39. The number of guanidine groups is 1. The van der Waals surface area contributed by atoms with E-state index in [1.165, 1.54) is 0 Å². The van der Waals surface area contributed by atoms with Gasteiger partial charge in [0.25, 0.3) is 0 Å². The van der Waals surface area contributed by atoms with Crippen LogP contribution in [-0.2, 0) is 6.54 Å². The molecule has 2 rings (SSSR count). The molecule has 6 nitrogen and oxygen atoms in total. The minimum atomic E-state index is -0.748. The molecule has 4 N–H and O–H groups in total. The first-order chi connectivity index (χ1) is 11.1. The fourth-order valence-corrected chi connectivity index (χ4v) is 2.50. The molecular weight excluding hydrogens is 337 g/mol. The standard InChI is InChI=1S/C15H19Cl2N5O/c1-2-18-15(19-8-13-3-4-21-22-13)20-9-14(23)10-5-11(16)7-12(17)6-10/h3-7,14,23H,2,8-9H2,1H3,(H,21,22)(H2,18,19,20). The van der Waals surface area contributed by atoms with Crippen molar-refractivity contribution in [2.45, 2.75) is 19.6 Å². The van der Waals surface area contributed by atoms with Gasteiger partial charge >= 0.3 is 0 Å². The van der Waals surface area contributed by atoms with Gasteiger partial charge in [-0.3, -0.25) is 5.10 Å². The molecule has 0 saturated carbocycles. The van der Waals surface area contributed by atoms with Gasteiger partial charge in [0.1, 0.15) is 0 Å². The predicted molar refractivity (Wildman–Crippen MR) is 92.8 cm³/mol. The van der Waals surface area contributed by atoms with Gasteiger partial charge in [-0.15, -0.1) is 0 Å². The molecule has 0 aliphatic rings. The molecule has 0 radical (unpaired) electrons. The van der Waals surface area contributed by atoms with Crippen LogP contribution in [0.1, 0.15) is 24.3 Å². The molecule has 1 heterocycles. The zero-order valence-corrected chi connectivity index (χ0v) is 14.2. The normalized spacial score (nSPS) is 13.0. The topological polar surface area (TPSA) is 85.3 Å². The van der Waals surface area contributed by atoms with Crippen molar-refractivity contribution in [3.63, 3.8) is 0 Å². The van der Waals surface area contributed by atoms with Crippen LogP contribution in [0.5, 0.6) is 0 Å². The van der Waals surface area contributed by atoms with Crippen molar-refractivity contribution in [1.82, 2.24) is 20.8 Å². The van der Waals surface area contributed by atoms with Crippen molar-refractivity contribution in [1.29, 1.82) is 0 Å². The highest BCUT2D eigenvalue weighted by Gasteiger charge is 2.10. The Morgan fingerprint density at radius 2 is 2.04 bits per heavy atom. The second kappa shape index (κ2) is 8.76. The Morgan fingerprint density at radius 3 is 2.65 bits per heavy atom. The van der Waals surface area contributed by atoms with E-state index in [0.717, 1.165) is 5.69 Å². The van der Waals surface area contributed by atoms with E-state index in [0.29, 0.717) is 34.7 Å². The van der Waals surface area contributed by atoms with Gasteiger partial charge in [0.05, 0.1) is 18.3 Å². The third-order valence-corrected chi connectivity index (χ3v) is 3.48. The zero-order chi connectivity index (χ0) is 16.7. The number of H-pyrrole nitrogens is 1. The maximum Gasteiger partial charge on any atom is 0.191 e. The molecule has 124 valence electrons. The summed E-state index contributed by atoms with van der Waals surface area (Å²) < 4.78 is 0. The SMILES string of the molecule is CCNC(=NCc1ccn[nH]1)NCC(O)c1cc(Cl)cc(Cl)c1. The van der Waals surface area contributed by atoms with E-state index in [1.807, 2.05) is 13.0 Å². The van der Waals surface area contributed by atoms with Gasteiger partial charge in [-0.05, 0) is 36.8 Å². The summed E-state index contributed by atoms with van der Waals surface area (Å²) >= 11 is 11.9. The molecule has 1 atom stereocenters. The van der Waals surface area contributed by atoms with Crippen molar-refractivity contribution >= 4 is 29.2 Å². The average molecular weight is 356 g/mol. The number of aromatic nitrogens is 2. The minimum Gasteiger partial charge on any atom is -0.387 e. The van der Waals surface area contributed by atoms with Crippen LogP contribution in [0.15, 0.2) is 35.5 Å². The number of hydrogen-bond donors (Lipinski definition) is 4. The Hall–Kier alpha value is -1.76. The Morgan fingerprint density at radius 1 is 1.30 bits per heavy atom. The number of rotatable bonds is 6. The Kier molecular flexibility index (Phi) is 6.70. The minimum absolute atomic E-state index is 0.283. The van der Waals surface area contributed by atoms with Crippen molar-refractivity contribution in [2.24, 2.45) is 4.99 Å². The molecule has 0 aliphatic heterocycles. The van der Waals surface area contributed by atoms with Crippen LogP contribution < -0.4 is 10.6 Å². The first kappa shape index (κ1) is 17.6. The number of benzene rings is 1. The number of aliphatic imine (C=N–C) groups is 1. The molecule has 23 heavy (non-hydrogen) atoms. The first-order valence-corrected chi connectivity index (χ1v) is 7.98. The van der Waals surface area contributed by atoms with Gasteiger partial charge in [0.15, 0.2) is 5.96 Å². The molecule has 0 saturated heterocycles. The Balaban J connectivity index is 1.95. The highest BCUT2D eigenvalue weighted by atomic mass is 35.5. The zero-order valence-electron chi connectivity index (χ0n) is 12.7. The lowest BCUT2D eigenvalue weighted by atomic mass is 10.1. The van der Waals surface area contributed by atoms with Crippen LogP contribution in [0.4, 0.5) is 0 Å². The van der Waals surface area contributed by atoms with E-state index in [1.54, 1.807) is 24.4 Å². The van der Waals surface area contributed by atoms with Crippen LogP contribution >= 0.6 is 23.2 Å². The Bertz CT molecular complexity index is 625. The summed E-state index contributed by atoms with van der Waals surface area (Å²) in [5.74, 6) is 0.606. The third-order valence-electron chi connectivity index (χ3n) is 3.04. The molecule has 0 spiro atoms. The van der Waals surface area contributed by atoms with Crippen LogP contribution in [0.25, 0.3) is 0 Å². The van der Waals surface area contributed by atoms with Gasteiger partial charge in [-0.1, -0.05) is 23.2 Å². The monoisotopic (exact) mass is 355 g/mol. The molecule has 0 fully saturated rings. The highest BCUT2D eigenvalue weighted by Crippen LogP contribution is 2.23. The fraction of sp³-hybridized carbons (Fsp3) is 0.333. The number of nitrogens with one attached hydrogen (secondary N) is 3. The first-order valence-electron chi connectivity index (χ1n) is 7.23. The maximum atomic E-state index is 10.3. The largest absolute Gasteiger partial charge is 0.387 e.